The van der Waals surface area contributed by atoms with Crippen molar-refractivity contribution in [1.29, 1.82) is 0 Å². The van der Waals surface area contributed by atoms with E-state index in [4.69, 9.17) is 4.74 Å². The second-order valence-electron chi connectivity index (χ2n) is 4.89. The molecule has 0 aliphatic carbocycles. The van der Waals surface area contributed by atoms with Gasteiger partial charge in [0.25, 0.3) is 0 Å². The number of aliphatic hydroxyl groups excluding tert-OH is 1. The molecule has 0 atom stereocenters. The first-order valence-corrected chi connectivity index (χ1v) is 6.92. The van der Waals surface area contributed by atoms with Gasteiger partial charge in [-0.1, -0.05) is 36.4 Å². The van der Waals surface area contributed by atoms with Crippen molar-refractivity contribution in [3.63, 3.8) is 0 Å². The normalized spacial score (nSPS) is 10.9. The lowest BCUT2D eigenvalue weighted by Gasteiger charge is -2.21. The second-order valence-corrected chi connectivity index (χ2v) is 4.89. The summed E-state index contributed by atoms with van der Waals surface area (Å²) in [4.78, 5) is 2.08. The molecule has 1 N–H and O–H groups in total. The Morgan fingerprint density at radius 1 is 1.05 bits per heavy atom. The lowest BCUT2D eigenvalue weighted by Crippen LogP contribution is -2.26. The molecule has 0 bridgehead atoms. The molecule has 0 radical (unpaired) electrons. The van der Waals surface area contributed by atoms with Crippen molar-refractivity contribution in [3.05, 3.63) is 65.5 Å². The third kappa shape index (κ3) is 4.55. The summed E-state index contributed by atoms with van der Waals surface area (Å²) in [6.45, 7) is 1.92. The van der Waals surface area contributed by atoms with E-state index in [1.54, 1.807) is 6.07 Å². The highest BCUT2D eigenvalue weighted by Crippen LogP contribution is 2.19. The molecule has 2 aromatic rings. The summed E-state index contributed by atoms with van der Waals surface area (Å²) in [6, 6.07) is 15.0. The highest BCUT2D eigenvalue weighted by Gasteiger charge is 2.09. The smallest absolute Gasteiger partial charge is 0.165 e. The standard InChI is InChI=1S/C17H20FNO2/c1-21-17-8-7-15(11-16(17)18)13-19(9-10-20)12-14-5-3-2-4-6-14/h2-8,11,20H,9-10,12-13H2,1H3. The molecule has 0 heterocycles. The van der Waals surface area contributed by atoms with Crippen LogP contribution in [0.25, 0.3) is 0 Å². The number of hydrogen-bond acceptors (Lipinski definition) is 3. The van der Waals surface area contributed by atoms with E-state index in [2.05, 4.69) is 4.90 Å². The van der Waals surface area contributed by atoms with Crippen LogP contribution in [0.15, 0.2) is 48.5 Å². The summed E-state index contributed by atoms with van der Waals surface area (Å²) in [5.41, 5.74) is 2.03. The quantitative estimate of drug-likeness (QED) is 0.851. The van der Waals surface area contributed by atoms with Gasteiger partial charge in [0.2, 0.25) is 0 Å². The average Bonchev–Trinajstić information content (AvgIpc) is 2.49. The van der Waals surface area contributed by atoms with Crippen molar-refractivity contribution < 1.29 is 14.2 Å². The average molecular weight is 289 g/mol. The van der Waals surface area contributed by atoms with Gasteiger partial charge in [0, 0.05) is 19.6 Å². The van der Waals surface area contributed by atoms with Gasteiger partial charge < -0.3 is 9.84 Å². The minimum absolute atomic E-state index is 0.0749. The van der Waals surface area contributed by atoms with Gasteiger partial charge in [-0.2, -0.15) is 0 Å². The summed E-state index contributed by atoms with van der Waals surface area (Å²) in [7, 11) is 1.45. The number of benzene rings is 2. The van der Waals surface area contributed by atoms with Crippen LogP contribution in [0.4, 0.5) is 4.39 Å². The summed E-state index contributed by atoms with van der Waals surface area (Å²) in [6.07, 6.45) is 0. The van der Waals surface area contributed by atoms with Crippen LogP contribution in [0.1, 0.15) is 11.1 Å². The Bertz CT molecular complexity index is 560. The lowest BCUT2D eigenvalue weighted by molar-refractivity contribution is 0.184. The Labute approximate surface area is 124 Å². The van der Waals surface area contributed by atoms with Gasteiger partial charge in [-0.05, 0) is 23.3 Å². The summed E-state index contributed by atoms with van der Waals surface area (Å²) in [5, 5.41) is 9.19. The van der Waals surface area contributed by atoms with Gasteiger partial charge in [-0.3, -0.25) is 4.90 Å². The Hall–Kier alpha value is -1.91. The van der Waals surface area contributed by atoms with E-state index in [1.165, 1.54) is 18.7 Å². The molecular formula is C17H20FNO2. The topological polar surface area (TPSA) is 32.7 Å². The molecule has 2 rings (SSSR count). The minimum atomic E-state index is -0.362. The molecule has 0 aromatic heterocycles. The fourth-order valence-corrected chi connectivity index (χ4v) is 2.26. The Kier molecular flexibility index (Phi) is 5.72. The molecule has 0 saturated carbocycles. The van der Waals surface area contributed by atoms with Gasteiger partial charge in [0.15, 0.2) is 11.6 Å². The molecule has 0 aliphatic rings. The Morgan fingerprint density at radius 3 is 2.38 bits per heavy atom. The van der Waals surface area contributed by atoms with Crippen molar-refractivity contribution in [2.24, 2.45) is 0 Å². The predicted molar refractivity (Wildman–Crippen MR) is 80.6 cm³/mol. The van der Waals surface area contributed by atoms with Gasteiger partial charge in [-0.15, -0.1) is 0 Å². The maximum atomic E-state index is 13.7. The van der Waals surface area contributed by atoms with E-state index in [0.717, 1.165) is 12.1 Å². The van der Waals surface area contributed by atoms with Crippen LogP contribution in [0.5, 0.6) is 5.75 Å². The van der Waals surface area contributed by atoms with E-state index < -0.39 is 0 Å². The fraction of sp³-hybridized carbons (Fsp3) is 0.294. The molecule has 2 aromatic carbocycles. The highest BCUT2D eigenvalue weighted by atomic mass is 19.1. The number of methoxy groups -OCH3 is 1. The number of ether oxygens (including phenoxy) is 1. The second kappa shape index (κ2) is 7.76. The molecule has 0 amide bonds. The zero-order chi connectivity index (χ0) is 15.1. The summed E-state index contributed by atoms with van der Waals surface area (Å²) >= 11 is 0. The van der Waals surface area contributed by atoms with E-state index >= 15 is 0 Å². The molecule has 0 fully saturated rings. The molecule has 0 spiro atoms. The zero-order valence-corrected chi connectivity index (χ0v) is 12.1. The van der Waals surface area contributed by atoms with Crippen molar-refractivity contribution in [2.45, 2.75) is 13.1 Å². The molecule has 3 nitrogen and oxygen atoms in total. The first-order chi connectivity index (χ1) is 10.2. The first kappa shape index (κ1) is 15.5. The van der Waals surface area contributed by atoms with Crippen LogP contribution in [0.3, 0.4) is 0 Å². The molecule has 21 heavy (non-hydrogen) atoms. The minimum Gasteiger partial charge on any atom is -0.494 e. The van der Waals surface area contributed by atoms with Gasteiger partial charge >= 0.3 is 0 Å². The number of nitrogens with zero attached hydrogens (tertiary/aromatic N) is 1. The van der Waals surface area contributed by atoms with Crippen molar-refractivity contribution in [2.75, 3.05) is 20.3 Å². The summed E-state index contributed by atoms with van der Waals surface area (Å²) < 4.78 is 18.6. The van der Waals surface area contributed by atoms with Crippen LogP contribution in [-0.2, 0) is 13.1 Å². The molecular weight excluding hydrogens is 269 g/mol. The molecule has 0 unspecified atom stereocenters. The largest absolute Gasteiger partial charge is 0.494 e. The molecule has 0 aliphatic heterocycles. The van der Waals surface area contributed by atoms with E-state index in [1.807, 2.05) is 36.4 Å². The third-order valence-electron chi connectivity index (χ3n) is 3.29. The number of hydrogen-bond donors (Lipinski definition) is 1. The van der Waals surface area contributed by atoms with Gasteiger partial charge in [-0.25, -0.2) is 4.39 Å². The van der Waals surface area contributed by atoms with Gasteiger partial charge in [0.1, 0.15) is 0 Å². The van der Waals surface area contributed by atoms with Gasteiger partial charge in [0.05, 0.1) is 13.7 Å². The van der Waals surface area contributed by atoms with Crippen LogP contribution < -0.4 is 4.74 Å². The van der Waals surface area contributed by atoms with E-state index in [9.17, 15) is 9.50 Å². The van der Waals surface area contributed by atoms with Crippen molar-refractivity contribution >= 4 is 0 Å². The maximum absolute atomic E-state index is 13.7. The number of halogens is 1. The van der Waals surface area contributed by atoms with Crippen LogP contribution in [0.2, 0.25) is 0 Å². The lowest BCUT2D eigenvalue weighted by atomic mass is 10.1. The summed E-state index contributed by atoms with van der Waals surface area (Å²) in [5.74, 6) is -0.117. The molecule has 112 valence electrons. The first-order valence-electron chi connectivity index (χ1n) is 6.92. The number of aliphatic hydroxyl groups is 1. The van der Waals surface area contributed by atoms with Crippen LogP contribution >= 0.6 is 0 Å². The molecule has 4 heteroatoms. The van der Waals surface area contributed by atoms with Crippen LogP contribution in [0, 0.1) is 5.82 Å². The Balaban J connectivity index is 2.07. The number of rotatable bonds is 7. The highest BCUT2D eigenvalue weighted by molar-refractivity contribution is 5.29. The van der Waals surface area contributed by atoms with E-state index in [-0.39, 0.29) is 18.2 Å². The fourth-order valence-electron chi connectivity index (χ4n) is 2.26. The maximum Gasteiger partial charge on any atom is 0.165 e. The SMILES string of the molecule is COc1ccc(CN(CCO)Cc2ccccc2)cc1F. The van der Waals surface area contributed by atoms with E-state index in [0.29, 0.717) is 13.1 Å². The monoisotopic (exact) mass is 289 g/mol. The molecule has 0 saturated heterocycles. The zero-order valence-electron chi connectivity index (χ0n) is 12.1. The predicted octanol–water partition coefficient (Wildman–Crippen LogP) is 2.83. The van der Waals surface area contributed by atoms with Crippen LogP contribution in [-0.4, -0.2) is 30.3 Å². The Morgan fingerprint density at radius 2 is 1.76 bits per heavy atom. The third-order valence-corrected chi connectivity index (χ3v) is 3.29. The van der Waals surface area contributed by atoms with Crippen molar-refractivity contribution in [3.8, 4) is 5.75 Å². The van der Waals surface area contributed by atoms with Crippen molar-refractivity contribution in [1.82, 2.24) is 4.90 Å².